The molecule has 2 rings (SSSR count). The number of carboxylic acid groups (broad SMARTS) is 1. The molecule has 1 unspecified atom stereocenters. The molecular weight excluding hydrogens is 229 g/mol. The van der Waals surface area contributed by atoms with Gasteiger partial charge in [0.05, 0.1) is 6.54 Å². The smallest absolute Gasteiger partial charge is 0.411 e. The molecule has 1 aromatic rings. The van der Waals surface area contributed by atoms with E-state index in [1.54, 1.807) is 6.07 Å². The van der Waals surface area contributed by atoms with E-state index in [4.69, 9.17) is 5.11 Å². The summed E-state index contributed by atoms with van der Waals surface area (Å²) in [5.74, 6) is -1.64. The molecule has 1 saturated heterocycles. The first-order chi connectivity index (χ1) is 8.09. The van der Waals surface area contributed by atoms with E-state index >= 15 is 0 Å². The maximum Gasteiger partial charge on any atom is 0.411 e. The molecular formula is C11H10FNO4. The van der Waals surface area contributed by atoms with Gasteiger partial charge in [-0.2, -0.15) is 0 Å². The molecule has 17 heavy (non-hydrogen) atoms. The minimum absolute atomic E-state index is 0.109. The van der Waals surface area contributed by atoms with E-state index in [0.29, 0.717) is 0 Å². The van der Waals surface area contributed by atoms with Gasteiger partial charge in [-0.3, -0.25) is 4.90 Å². The number of amides is 1. The Labute approximate surface area is 96.4 Å². The van der Waals surface area contributed by atoms with Crippen LogP contribution in [0, 0.1) is 5.82 Å². The van der Waals surface area contributed by atoms with Crippen LogP contribution in [-0.2, 0) is 16.1 Å². The molecule has 1 N–H and O–H groups in total. The summed E-state index contributed by atoms with van der Waals surface area (Å²) >= 11 is 0. The number of nitrogens with zero attached hydrogens (tertiary/aromatic N) is 1. The third-order valence-electron chi connectivity index (χ3n) is 2.56. The monoisotopic (exact) mass is 239 g/mol. The van der Waals surface area contributed by atoms with Crippen LogP contribution in [0.3, 0.4) is 0 Å². The molecule has 90 valence electrons. The number of halogens is 1. The van der Waals surface area contributed by atoms with Crippen molar-refractivity contribution in [1.82, 2.24) is 4.90 Å². The maximum atomic E-state index is 13.4. The van der Waals surface area contributed by atoms with Gasteiger partial charge in [0.2, 0.25) is 0 Å². The number of rotatable bonds is 3. The van der Waals surface area contributed by atoms with Crippen LogP contribution in [0.4, 0.5) is 9.18 Å². The van der Waals surface area contributed by atoms with Crippen molar-refractivity contribution < 1.29 is 23.8 Å². The maximum absolute atomic E-state index is 13.4. The lowest BCUT2D eigenvalue weighted by Crippen LogP contribution is -2.39. The predicted octanol–water partition coefficient (Wildman–Crippen LogP) is 1.23. The van der Waals surface area contributed by atoms with E-state index < -0.39 is 23.9 Å². The lowest BCUT2D eigenvalue weighted by Gasteiger charge is -2.18. The summed E-state index contributed by atoms with van der Waals surface area (Å²) in [5, 5.41) is 8.88. The lowest BCUT2D eigenvalue weighted by molar-refractivity contribution is -0.141. The van der Waals surface area contributed by atoms with Crippen molar-refractivity contribution in [3.63, 3.8) is 0 Å². The quantitative estimate of drug-likeness (QED) is 0.861. The second kappa shape index (κ2) is 4.40. The van der Waals surface area contributed by atoms with E-state index in [0.717, 1.165) is 4.90 Å². The van der Waals surface area contributed by atoms with E-state index in [2.05, 4.69) is 4.74 Å². The van der Waals surface area contributed by atoms with Crippen molar-refractivity contribution in [2.75, 3.05) is 6.61 Å². The zero-order valence-electron chi connectivity index (χ0n) is 8.80. The molecule has 5 nitrogen and oxygen atoms in total. The molecule has 1 fully saturated rings. The fourth-order valence-electron chi connectivity index (χ4n) is 1.64. The van der Waals surface area contributed by atoms with Crippen molar-refractivity contribution in [3.05, 3.63) is 35.6 Å². The third-order valence-corrected chi connectivity index (χ3v) is 2.56. The second-order valence-corrected chi connectivity index (χ2v) is 3.65. The van der Waals surface area contributed by atoms with Crippen LogP contribution in [0.2, 0.25) is 0 Å². The minimum Gasteiger partial charge on any atom is -0.480 e. The number of aliphatic carboxylic acids is 1. The van der Waals surface area contributed by atoms with Crippen molar-refractivity contribution in [1.29, 1.82) is 0 Å². The number of carboxylic acids is 1. The first-order valence-electron chi connectivity index (χ1n) is 4.99. The van der Waals surface area contributed by atoms with Gasteiger partial charge in [-0.25, -0.2) is 14.0 Å². The minimum atomic E-state index is -1.16. The van der Waals surface area contributed by atoms with E-state index in [9.17, 15) is 14.0 Å². The van der Waals surface area contributed by atoms with E-state index in [-0.39, 0.29) is 18.7 Å². The van der Waals surface area contributed by atoms with Gasteiger partial charge in [-0.1, -0.05) is 18.2 Å². The Hall–Kier alpha value is -2.11. The highest BCUT2D eigenvalue weighted by molar-refractivity contribution is 5.82. The molecule has 1 aromatic carbocycles. The van der Waals surface area contributed by atoms with Crippen molar-refractivity contribution in [2.45, 2.75) is 12.6 Å². The number of cyclic esters (lactones) is 1. The number of benzene rings is 1. The zero-order valence-corrected chi connectivity index (χ0v) is 8.80. The van der Waals surface area contributed by atoms with E-state index in [1.807, 2.05) is 0 Å². The molecule has 0 bridgehead atoms. The molecule has 0 aromatic heterocycles. The molecule has 1 atom stereocenters. The molecule has 0 saturated carbocycles. The summed E-state index contributed by atoms with van der Waals surface area (Å²) in [4.78, 5) is 23.2. The first-order valence-corrected chi connectivity index (χ1v) is 4.99. The van der Waals surface area contributed by atoms with Crippen LogP contribution in [0.25, 0.3) is 0 Å². The highest BCUT2D eigenvalue weighted by Crippen LogP contribution is 2.18. The van der Waals surface area contributed by atoms with Crippen LogP contribution in [0.1, 0.15) is 5.56 Å². The molecule has 6 heteroatoms. The van der Waals surface area contributed by atoms with Gasteiger partial charge in [0.1, 0.15) is 12.4 Å². The second-order valence-electron chi connectivity index (χ2n) is 3.65. The van der Waals surface area contributed by atoms with Crippen LogP contribution in [-0.4, -0.2) is 34.7 Å². The Balaban J connectivity index is 2.19. The van der Waals surface area contributed by atoms with Gasteiger partial charge >= 0.3 is 12.1 Å². The Morgan fingerprint density at radius 1 is 1.53 bits per heavy atom. The number of carbonyl (C=O) groups is 2. The number of ether oxygens (including phenoxy) is 1. The van der Waals surface area contributed by atoms with Gasteiger partial charge in [0.25, 0.3) is 0 Å². The van der Waals surface area contributed by atoms with Gasteiger partial charge in [-0.15, -0.1) is 0 Å². The molecule has 0 spiro atoms. The van der Waals surface area contributed by atoms with E-state index in [1.165, 1.54) is 18.2 Å². The van der Waals surface area contributed by atoms with Gasteiger partial charge in [-0.05, 0) is 6.07 Å². The SMILES string of the molecule is O=C(O)C1COC(=O)N1Cc1ccccc1F. The zero-order chi connectivity index (χ0) is 12.4. The normalized spacial score (nSPS) is 19.2. The highest BCUT2D eigenvalue weighted by atomic mass is 19.1. The number of hydrogen-bond acceptors (Lipinski definition) is 3. The molecule has 1 amide bonds. The molecule has 1 aliphatic rings. The molecule has 0 radical (unpaired) electrons. The van der Waals surface area contributed by atoms with Crippen LogP contribution < -0.4 is 0 Å². The molecule has 1 heterocycles. The lowest BCUT2D eigenvalue weighted by atomic mass is 10.2. The summed E-state index contributed by atoms with van der Waals surface area (Å²) < 4.78 is 18.0. The summed E-state index contributed by atoms with van der Waals surface area (Å²) in [5.41, 5.74) is 0.262. The van der Waals surface area contributed by atoms with Crippen LogP contribution in [0.5, 0.6) is 0 Å². The Kier molecular flexibility index (Phi) is 2.95. The fraction of sp³-hybridized carbons (Fsp3) is 0.273. The molecule has 0 aliphatic carbocycles. The fourth-order valence-corrected chi connectivity index (χ4v) is 1.64. The number of hydrogen-bond donors (Lipinski definition) is 1. The van der Waals surface area contributed by atoms with Crippen molar-refractivity contribution in [2.24, 2.45) is 0 Å². The standard InChI is InChI=1S/C11H10FNO4/c12-8-4-2-1-3-7(8)5-13-9(10(14)15)6-17-11(13)16/h1-4,9H,5-6H2,(H,14,15). The Morgan fingerprint density at radius 2 is 2.24 bits per heavy atom. The van der Waals surface area contributed by atoms with Gasteiger partial charge in [0.15, 0.2) is 6.04 Å². The Morgan fingerprint density at radius 3 is 2.88 bits per heavy atom. The number of carbonyl (C=O) groups excluding carboxylic acids is 1. The van der Waals surface area contributed by atoms with Crippen LogP contribution in [0.15, 0.2) is 24.3 Å². The average Bonchev–Trinajstić information content (AvgIpc) is 2.64. The largest absolute Gasteiger partial charge is 0.480 e. The summed E-state index contributed by atoms with van der Waals surface area (Å²) in [6, 6.07) is 4.85. The molecule has 1 aliphatic heterocycles. The van der Waals surface area contributed by atoms with Gasteiger partial charge < -0.3 is 9.84 Å². The third kappa shape index (κ3) is 2.20. The van der Waals surface area contributed by atoms with Crippen LogP contribution >= 0.6 is 0 Å². The highest BCUT2D eigenvalue weighted by Gasteiger charge is 2.38. The summed E-state index contributed by atoms with van der Waals surface area (Å²) in [6.45, 7) is -0.314. The van der Waals surface area contributed by atoms with Crippen molar-refractivity contribution in [3.8, 4) is 0 Å². The first kappa shape index (κ1) is 11.4. The van der Waals surface area contributed by atoms with Crippen molar-refractivity contribution >= 4 is 12.1 Å². The Bertz CT molecular complexity index is 463. The average molecular weight is 239 g/mol. The van der Waals surface area contributed by atoms with Gasteiger partial charge in [0, 0.05) is 5.56 Å². The summed E-state index contributed by atoms with van der Waals surface area (Å²) in [6.07, 6.45) is -0.736. The predicted molar refractivity (Wildman–Crippen MR) is 54.7 cm³/mol. The summed E-state index contributed by atoms with van der Waals surface area (Å²) in [7, 11) is 0. The topological polar surface area (TPSA) is 66.8 Å².